The summed E-state index contributed by atoms with van der Waals surface area (Å²) in [4.78, 5) is -1.04. The third-order valence-corrected chi connectivity index (χ3v) is 5.26. The molecule has 0 aliphatic rings. The van der Waals surface area contributed by atoms with Crippen LogP contribution in [0.2, 0.25) is 0 Å². The molecule has 0 saturated heterocycles. The Morgan fingerprint density at radius 2 is 1.77 bits per heavy atom. The van der Waals surface area contributed by atoms with Gasteiger partial charge in [0.1, 0.15) is 22.2 Å². The monoisotopic (exact) mass is 445 g/mol. The van der Waals surface area contributed by atoms with E-state index in [2.05, 4.69) is 21.1 Å². The summed E-state index contributed by atoms with van der Waals surface area (Å²) in [6.45, 7) is -1.05. The Kier molecular flexibility index (Phi) is 4.94. The number of rotatable bonds is 4. The Balaban J connectivity index is 2.26. The van der Waals surface area contributed by atoms with Gasteiger partial charge in [0.15, 0.2) is 22.3 Å². The van der Waals surface area contributed by atoms with Crippen molar-refractivity contribution in [2.24, 2.45) is 0 Å². The van der Waals surface area contributed by atoms with Gasteiger partial charge < -0.3 is 4.52 Å². The second kappa shape index (κ2) is 6.88. The molecule has 9 heteroatoms. The van der Waals surface area contributed by atoms with E-state index in [-0.39, 0.29) is 22.6 Å². The molecule has 0 radical (unpaired) electrons. The van der Waals surface area contributed by atoms with Gasteiger partial charge in [-0.15, -0.1) is 0 Å². The molecule has 1 heterocycles. The zero-order valence-electron chi connectivity index (χ0n) is 13.3. The Morgan fingerprint density at radius 1 is 1.12 bits per heavy atom. The van der Waals surface area contributed by atoms with Gasteiger partial charge >= 0.3 is 0 Å². The standard InChI is InChI=1S/C17H11BrF3NO3S/c1-26(23,24)17-12(20)6-10(7-13(17)21)15-14(8-19)25-22-16(15)9-3-2-4-11(18)5-9/h2-7H,8H2,1H3. The molecule has 3 aromatic rings. The van der Waals surface area contributed by atoms with E-state index >= 15 is 0 Å². The molecule has 136 valence electrons. The summed E-state index contributed by atoms with van der Waals surface area (Å²) in [6.07, 6.45) is 0.702. The first-order chi connectivity index (χ1) is 12.2. The lowest BCUT2D eigenvalue weighted by molar-refractivity contribution is 0.332. The van der Waals surface area contributed by atoms with Crippen molar-refractivity contribution in [3.8, 4) is 22.4 Å². The predicted molar refractivity (Wildman–Crippen MR) is 92.9 cm³/mol. The van der Waals surface area contributed by atoms with E-state index in [9.17, 15) is 21.6 Å². The first-order valence-corrected chi connectivity index (χ1v) is 9.90. The number of sulfone groups is 1. The molecule has 3 rings (SSSR count). The zero-order valence-corrected chi connectivity index (χ0v) is 15.7. The van der Waals surface area contributed by atoms with E-state index < -0.39 is 33.0 Å². The highest BCUT2D eigenvalue weighted by atomic mass is 79.9. The van der Waals surface area contributed by atoms with Gasteiger partial charge in [0.05, 0.1) is 5.56 Å². The Labute approximate surface area is 155 Å². The summed E-state index contributed by atoms with van der Waals surface area (Å²) in [5.41, 5.74) is 0.704. The van der Waals surface area contributed by atoms with E-state index in [1.165, 1.54) is 0 Å². The molecular formula is C17H11BrF3NO3S. The van der Waals surface area contributed by atoms with Crippen LogP contribution in [0.5, 0.6) is 0 Å². The van der Waals surface area contributed by atoms with Crippen LogP contribution < -0.4 is 0 Å². The van der Waals surface area contributed by atoms with Gasteiger partial charge in [0.2, 0.25) is 0 Å². The summed E-state index contributed by atoms with van der Waals surface area (Å²) in [5, 5.41) is 3.81. The summed E-state index contributed by atoms with van der Waals surface area (Å²) in [6, 6.07) is 8.48. The van der Waals surface area contributed by atoms with Gasteiger partial charge in [-0.1, -0.05) is 33.2 Å². The molecule has 4 nitrogen and oxygen atoms in total. The first kappa shape index (κ1) is 18.7. The lowest BCUT2D eigenvalue weighted by atomic mass is 9.99. The van der Waals surface area contributed by atoms with E-state index in [1.54, 1.807) is 24.3 Å². The third kappa shape index (κ3) is 3.41. The van der Waals surface area contributed by atoms with Crippen molar-refractivity contribution in [1.29, 1.82) is 0 Å². The van der Waals surface area contributed by atoms with Crippen LogP contribution in [0.4, 0.5) is 13.2 Å². The van der Waals surface area contributed by atoms with Crippen molar-refractivity contribution < 1.29 is 26.1 Å². The van der Waals surface area contributed by atoms with Crippen LogP contribution in [-0.2, 0) is 16.5 Å². The van der Waals surface area contributed by atoms with E-state index in [1.807, 2.05) is 0 Å². The fraction of sp³-hybridized carbons (Fsp3) is 0.118. The molecule has 26 heavy (non-hydrogen) atoms. The highest BCUT2D eigenvalue weighted by molar-refractivity contribution is 9.10. The Hall–Kier alpha value is -2.13. The third-order valence-electron chi connectivity index (χ3n) is 3.64. The maximum absolute atomic E-state index is 14.3. The highest BCUT2D eigenvalue weighted by Crippen LogP contribution is 2.37. The summed E-state index contributed by atoms with van der Waals surface area (Å²) in [7, 11) is -4.10. The molecule has 0 aliphatic heterocycles. The fourth-order valence-corrected chi connectivity index (χ4v) is 3.83. The number of hydrogen-bond acceptors (Lipinski definition) is 4. The van der Waals surface area contributed by atoms with Crippen molar-refractivity contribution in [2.45, 2.75) is 11.6 Å². The van der Waals surface area contributed by atoms with Crippen molar-refractivity contribution in [2.75, 3.05) is 6.26 Å². The summed E-state index contributed by atoms with van der Waals surface area (Å²) in [5.74, 6) is -2.76. The van der Waals surface area contributed by atoms with Crippen LogP contribution >= 0.6 is 15.9 Å². The van der Waals surface area contributed by atoms with Gasteiger partial charge in [-0.25, -0.2) is 21.6 Å². The maximum Gasteiger partial charge on any atom is 0.181 e. The van der Waals surface area contributed by atoms with Crippen LogP contribution in [0.3, 0.4) is 0 Å². The average Bonchev–Trinajstić information content (AvgIpc) is 2.96. The van der Waals surface area contributed by atoms with Gasteiger partial charge in [-0.3, -0.25) is 0 Å². The van der Waals surface area contributed by atoms with Crippen molar-refractivity contribution in [3.05, 3.63) is 58.3 Å². The largest absolute Gasteiger partial charge is 0.357 e. The molecule has 0 aliphatic carbocycles. The normalized spacial score (nSPS) is 11.7. The number of alkyl halides is 1. The summed E-state index contributed by atoms with van der Waals surface area (Å²) < 4.78 is 70.6. The van der Waals surface area contributed by atoms with Crippen LogP contribution in [0.25, 0.3) is 22.4 Å². The lowest BCUT2D eigenvalue weighted by Crippen LogP contribution is -2.05. The smallest absolute Gasteiger partial charge is 0.181 e. The lowest BCUT2D eigenvalue weighted by Gasteiger charge is -2.08. The van der Waals surface area contributed by atoms with Crippen LogP contribution in [0.15, 0.2) is 50.3 Å². The number of halogens is 4. The molecule has 2 aromatic carbocycles. The van der Waals surface area contributed by atoms with Crippen molar-refractivity contribution >= 4 is 25.8 Å². The van der Waals surface area contributed by atoms with Crippen LogP contribution in [-0.4, -0.2) is 19.8 Å². The summed E-state index contributed by atoms with van der Waals surface area (Å²) >= 11 is 3.30. The molecule has 0 atom stereocenters. The van der Waals surface area contributed by atoms with E-state index in [0.29, 0.717) is 11.8 Å². The number of aromatic nitrogens is 1. The highest BCUT2D eigenvalue weighted by Gasteiger charge is 2.25. The molecular weight excluding hydrogens is 435 g/mol. The quantitative estimate of drug-likeness (QED) is 0.571. The predicted octanol–water partition coefficient (Wildman–Crippen LogP) is 4.92. The number of nitrogens with zero attached hydrogens (tertiary/aromatic N) is 1. The van der Waals surface area contributed by atoms with E-state index in [0.717, 1.165) is 16.6 Å². The maximum atomic E-state index is 14.3. The Bertz CT molecular complexity index is 1070. The van der Waals surface area contributed by atoms with Crippen molar-refractivity contribution in [3.63, 3.8) is 0 Å². The molecule has 0 unspecified atom stereocenters. The first-order valence-electron chi connectivity index (χ1n) is 7.22. The number of benzene rings is 2. The van der Waals surface area contributed by atoms with Gasteiger partial charge in [0, 0.05) is 16.3 Å². The topological polar surface area (TPSA) is 60.2 Å². The average molecular weight is 446 g/mol. The second-order valence-corrected chi connectivity index (χ2v) is 8.38. The van der Waals surface area contributed by atoms with Gasteiger partial charge in [-0.05, 0) is 29.8 Å². The zero-order chi connectivity index (χ0) is 19.1. The van der Waals surface area contributed by atoms with Crippen LogP contribution in [0.1, 0.15) is 5.76 Å². The minimum absolute atomic E-state index is 0.0588. The van der Waals surface area contributed by atoms with Crippen LogP contribution in [0, 0.1) is 11.6 Å². The number of hydrogen-bond donors (Lipinski definition) is 0. The molecule has 0 spiro atoms. The molecule has 0 fully saturated rings. The SMILES string of the molecule is CS(=O)(=O)c1c(F)cc(-c2c(-c3cccc(Br)c3)noc2CF)cc1F. The molecule has 0 saturated carbocycles. The second-order valence-electron chi connectivity index (χ2n) is 5.51. The molecule has 0 amide bonds. The fourth-order valence-electron chi connectivity index (χ4n) is 2.60. The minimum Gasteiger partial charge on any atom is -0.357 e. The molecule has 0 bridgehead atoms. The Morgan fingerprint density at radius 3 is 2.31 bits per heavy atom. The minimum atomic E-state index is -4.10. The van der Waals surface area contributed by atoms with Gasteiger partial charge in [-0.2, -0.15) is 0 Å². The molecule has 1 aromatic heterocycles. The molecule has 0 N–H and O–H groups in total. The van der Waals surface area contributed by atoms with Crippen molar-refractivity contribution in [1.82, 2.24) is 5.16 Å². The van der Waals surface area contributed by atoms with E-state index in [4.69, 9.17) is 4.52 Å². The van der Waals surface area contributed by atoms with Gasteiger partial charge in [0.25, 0.3) is 0 Å².